The van der Waals surface area contributed by atoms with Gasteiger partial charge < -0.3 is 0 Å². The minimum Gasteiger partial charge on any atom is -0.144 e. The molecule has 0 radical (unpaired) electrons. The zero-order valence-corrected chi connectivity index (χ0v) is 10.0. The monoisotopic (exact) mass is 204 g/mol. The van der Waals surface area contributed by atoms with Gasteiger partial charge in [-0.3, -0.25) is 0 Å². The van der Waals surface area contributed by atoms with Gasteiger partial charge in [-0.25, -0.2) is 0 Å². The molecule has 1 heterocycles. The molecular formula is C13H16S. The van der Waals surface area contributed by atoms with Crippen molar-refractivity contribution in [3.63, 3.8) is 0 Å². The third kappa shape index (κ3) is 1.36. The molecule has 0 bridgehead atoms. The van der Waals surface area contributed by atoms with Crippen molar-refractivity contribution in [2.24, 2.45) is 0 Å². The molecule has 0 N–H and O–H groups in total. The Balaban J connectivity index is 2.82. The third-order valence-corrected chi connectivity index (χ3v) is 3.89. The van der Waals surface area contributed by atoms with E-state index in [0.29, 0.717) is 5.92 Å². The van der Waals surface area contributed by atoms with E-state index in [-0.39, 0.29) is 0 Å². The Kier molecular flexibility index (Phi) is 2.36. The maximum absolute atomic E-state index is 2.34. The van der Waals surface area contributed by atoms with Crippen LogP contribution in [0.5, 0.6) is 0 Å². The summed E-state index contributed by atoms with van der Waals surface area (Å²) in [4.78, 5) is 0. The quantitative estimate of drug-likeness (QED) is 0.634. The first-order valence-corrected chi connectivity index (χ1v) is 5.96. The predicted molar refractivity (Wildman–Crippen MR) is 65.4 cm³/mol. The summed E-state index contributed by atoms with van der Waals surface area (Å²) in [6.07, 6.45) is 0. The molecule has 0 saturated carbocycles. The van der Waals surface area contributed by atoms with Gasteiger partial charge >= 0.3 is 0 Å². The van der Waals surface area contributed by atoms with Gasteiger partial charge in [0.05, 0.1) is 0 Å². The molecule has 0 aliphatic heterocycles. The number of aryl methyl sites for hydroxylation is 2. The first kappa shape index (κ1) is 9.72. The first-order chi connectivity index (χ1) is 6.61. The molecule has 0 atom stereocenters. The molecule has 0 amide bonds. The standard InChI is InChI=1S/C13H16S/c1-8(2)12-7-9(3)11-5-6-14-13(11)10(12)4/h5-8H,1-4H3. The van der Waals surface area contributed by atoms with Gasteiger partial charge in [-0.15, -0.1) is 11.3 Å². The van der Waals surface area contributed by atoms with Gasteiger partial charge in [-0.2, -0.15) is 0 Å². The molecule has 0 fully saturated rings. The van der Waals surface area contributed by atoms with Crippen molar-refractivity contribution < 1.29 is 0 Å². The van der Waals surface area contributed by atoms with E-state index >= 15 is 0 Å². The van der Waals surface area contributed by atoms with Crippen molar-refractivity contribution in [1.29, 1.82) is 0 Å². The van der Waals surface area contributed by atoms with E-state index in [4.69, 9.17) is 0 Å². The van der Waals surface area contributed by atoms with E-state index in [2.05, 4.69) is 45.2 Å². The summed E-state index contributed by atoms with van der Waals surface area (Å²) in [6, 6.07) is 4.57. The Morgan fingerprint density at radius 2 is 1.93 bits per heavy atom. The number of hydrogen-bond acceptors (Lipinski definition) is 1. The molecule has 74 valence electrons. The lowest BCUT2D eigenvalue weighted by Gasteiger charge is -2.12. The number of hydrogen-bond donors (Lipinski definition) is 0. The highest BCUT2D eigenvalue weighted by Gasteiger charge is 2.09. The summed E-state index contributed by atoms with van der Waals surface area (Å²) >= 11 is 1.86. The van der Waals surface area contributed by atoms with Gasteiger partial charge in [0, 0.05) is 4.70 Å². The third-order valence-electron chi connectivity index (χ3n) is 2.86. The molecule has 0 unspecified atom stereocenters. The van der Waals surface area contributed by atoms with Gasteiger partial charge in [-0.1, -0.05) is 19.9 Å². The van der Waals surface area contributed by atoms with Crippen LogP contribution in [0, 0.1) is 13.8 Å². The zero-order chi connectivity index (χ0) is 10.3. The molecule has 1 aromatic carbocycles. The van der Waals surface area contributed by atoms with E-state index < -0.39 is 0 Å². The first-order valence-electron chi connectivity index (χ1n) is 5.08. The van der Waals surface area contributed by atoms with Crippen LogP contribution in [0.3, 0.4) is 0 Å². The number of benzene rings is 1. The maximum atomic E-state index is 2.34. The van der Waals surface area contributed by atoms with Crippen LogP contribution in [0.4, 0.5) is 0 Å². The van der Waals surface area contributed by atoms with Crippen LogP contribution in [0.2, 0.25) is 0 Å². The van der Waals surface area contributed by atoms with Crippen molar-refractivity contribution in [2.45, 2.75) is 33.6 Å². The van der Waals surface area contributed by atoms with Crippen LogP contribution in [0.1, 0.15) is 36.5 Å². The van der Waals surface area contributed by atoms with Crippen molar-refractivity contribution in [3.8, 4) is 0 Å². The molecule has 0 spiro atoms. The minimum absolute atomic E-state index is 0.625. The predicted octanol–water partition coefficient (Wildman–Crippen LogP) is 4.64. The van der Waals surface area contributed by atoms with Crippen molar-refractivity contribution in [3.05, 3.63) is 34.2 Å². The Morgan fingerprint density at radius 1 is 1.21 bits per heavy atom. The van der Waals surface area contributed by atoms with Crippen molar-refractivity contribution in [2.75, 3.05) is 0 Å². The Hall–Kier alpha value is -0.820. The molecule has 0 nitrogen and oxygen atoms in total. The topological polar surface area (TPSA) is 0 Å². The molecule has 0 saturated heterocycles. The van der Waals surface area contributed by atoms with Gasteiger partial charge in [0.2, 0.25) is 0 Å². The maximum Gasteiger partial charge on any atom is 0.0377 e. The molecule has 1 aromatic heterocycles. The normalized spacial score (nSPS) is 11.5. The van der Waals surface area contributed by atoms with E-state index in [1.165, 1.54) is 26.8 Å². The van der Waals surface area contributed by atoms with Crippen molar-refractivity contribution >= 4 is 21.4 Å². The Bertz CT molecular complexity index is 463. The molecule has 14 heavy (non-hydrogen) atoms. The van der Waals surface area contributed by atoms with E-state index in [0.717, 1.165) is 0 Å². The Labute approximate surface area is 89.6 Å². The molecular weight excluding hydrogens is 188 g/mol. The summed E-state index contributed by atoms with van der Waals surface area (Å²) < 4.78 is 1.47. The second-order valence-electron chi connectivity index (χ2n) is 4.23. The van der Waals surface area contributed by atoms with Crippen LogP contribution in [0.15, 0.2) is 17.5 Å². The smallest absolute Gasteiger partial charge is 0.0377 e. The van der Waals surface area contributed by atoms with E-state index in [1.807, 2.05) is 11.3 Å². The lowest BCUT2D eigenvalue weighted by atomic mass is 9.94. The number of rotatable bonds is 1. The molecule has 2 aromatic rings. The van der Waals surface area contributed by atoms with Crippen LogP contribution in [0.25, 0.3) is 10.1 Å². The summed E-state index contributed by atoms with van der Waals surface area (Å²) in [6.45, 7) is 8.98. The minimum atomic E-state index is 0.625. The van der Waals surface area contributed by atoms with Crippen LogP contribution >= 0.6 is 11.3 Å². The molecule has 2 rings (SSSR count). The SMILES string of the molecule is Cc1cc(C(C)C)c(C)c2sccc12. The van der Waals surface area contributed by atoms with Gasteiger partial charge in [-0.05, 0) is 53.3 Å². The lowest BCUT2D eigenvalue weighted by Crippen LogP contribution is -1.93. The van der Waals surface area contributed by atoms with E-state index in [1.54, 1.807) is 0 Å². The summed E-state index contributed by atoms with van der Waals surface area (Å²) in [7, 11) is 0. The van der Waals surface area contributed by atoms with Gasteiger partial charge in [0.1, 0.15) is 0 Å². The highest BCUT2D eigenvalue weighted by Crippen LogP contribution is 2.32. The van der Waals surface area contributed by atoms with Crippen LogP contribution in [-0.4, -0.2) is 0 Å². The van der Waals surface area contributed by atoms with Crippen molar-refractivity contribution in [1.82, 2.24) is 0 Å². The van der Waals surface area contributed by atoms with Gasteiger partial charge in [0.25, 0.3) is 0 Å². The average molecular weight is 204 g/mol. The lowest BCUT2D eigenvalue weighted by molar-refractivity contribution is 0.858. The second-order valence-corrected chi connectivity index (χ2v) is 5.14. The largest absolute Gasteiger partial charge is 0.144 e. The fraction of sp³-hybridized carbons (Fsp3) is 0.385. The number of thiophene rings is 1. The fourth-order valence-electron chi connectivity index (χ4n) is 2.06. The number of fused-ring (bicyclic) bond motifs is 1. The summed E-state index contributed by atoms with van der Waals surface area (Å²) in [5.41, 5.74) is 4.38. The zero-order valence-electron chi connectivity index (χ0n) is 9.22. The highest BCUT2D eigenvalue weighted by molar-refractivity contribution is 7.17. The highest BCUT2D eigenvalue weighted by atomic mass is 32.1. The molecule has 0 aliphatic carbocycles. The summed E-state index contributed by atoms with van der Waals surface area (Å²) in [5.74, 6) is 0.625. The summed E-state index contributed by atoms with van der Waals surface area (Å²) in [5, 5.41) is 3.62. The van der Waals surface area contributed by atoms with Crippen LogP contribution < -0.4 is 0 Å². The molecule has 1 heteroatoms. The fourth-order valence-corrected chi connectivity index (χ4v) is 3.05. The Morgan fingerprint density at radius 3 is 2.57 bits per heavy atom. The van der Waals surface area contributed by atoms with Gasteiger partial charge in [0.15, 0.2) is 0 Å². The average Bonchev–Trinajstić information content (AvgIpc) is 2.59. The second kappa shape index (κ2) is 3.39. The van der Waals surface area contributed by atoms with E-state index in [9.17, 15) is 0 Å². The van der Waals surface area contributed by atoms with Crippen LogP contribution in [-0.2, 0) is 0 Å². The molecule has 0 aliphatic rings.